The minimum Gasteiger partial charge on any atom is -0.455 e. The van der Waals surface area contributed by atoms with E-state index >= 15 is 0 Å². The van der Waals surface area contributed by atoms with Crippen LogP contribution in [-0.2, 0) is 14.0 Å². The van der Waals surface area contributed by atoms with Crippen LogP contribution in [0.4, 0.5) is 4.39 Å². The molecular weight excluding hydrogens is 311 g/mol. The molecular formula is C18H33FO3Si. The van der Waals surface area contributed by atoms with E-state index in [1.165, 1.54) is 0 Å². The Hall–Kier alpha value is -0.683. The molecule has 1 aliphatic carbocycles. The minimum atomic E-state index is -1.86. The van der Waals surface area contributed by atoms with Crippen molar-refractivity contribution in [2.45, 2.75) is 84.5 Å². The van der Waals surface area contributed by atoms with Gasteiger partial charge in [0, 0.05) is 12.5 Å². The summed E-state index contributed by atoms with van der Waals surface area (Å²) in [5, 5.41) is 0.124. The summed E-state index contributed by atoms with van der Waals surface area (Å²) in [6, 6.07) is 0. The van der Waals surface area contributed by atoms with E-state index in [9.17, 15) is 9.18 Å². The highest BCUT2D eigenvalue weighted by Gasteiger charge is 2.39. The molecule has 0 amide bonds. The molecule has 3 nitrogen and oxygen atoms in total. The van der Waals surface area contributed by atoms with Gasteiger partial charge in [0.25, 0.3) is 0 Å². The number of carbonyl (C=O) groups is 1. The Labute approximate surface area is 141 Å². The van der Waals surface area contributed by atoms with Gasteiger partial charge in [-0.25, -0.2) is 4.79 Å². The predicted octanol–water partition coefficient (Wildman–Crippen LogP) is 5.37. The summed E-state index contributed by atoms with van der Waals surface area (Å²) in [5.74, 6) is -1.55. The third kappa shape index (κ3) is 5.71. The van der Waals surface area contributed by atoms with Crippen molar-refractivity contribution in [3.63, 3.8) is 0 Å². The fourth-order valence-corrected chi connectivity index (χ4v) is 3.42. The minimum absolute atomic E-state index is 0.00311. The van der Waals surface area contributed by atoms with E-state index in [4.69, 9.17) is 9.16 Å². The van der Waals surface area contributed by atoms with E-state index < -0.39 is 25.7 Å². The van der Waals surface area contributed by atoms with Gasteiger partial charge in [0.15, 0.2) is 8.32 Å². The lowest BCUT2D eigenvalue weighted by Crippen LogP contribution is -2.42. The summed E-state index contributed by atoms with van der Waals surface area (Å²) in [4.78, 5) is 12.0. The van der Waals surface area contributed by atoms with E-state index in [-0.39, 0.29) is 11.0 Å². The second-order valence-corrected chi connectivity index (χ2v) is 13.8. The van der Waals surface area contributed by atoms with Gasteiger partial charge in [-0.15, -0.1) is 0 Å². The summed E-state index contributed by atoms with van der Waals surface area (Å²) in [7, 11) is -1.86. The lowest BCUT2D eigenvalue weighted by atomic mass is 10.0. The highest BCUT2D eigenvalue weighted by molar-refractivity contribution is 6.74. The molecule has 0 radical (unpaired) electrons. The van der Waals surface area contributed by atoms with Crippen molar-refractivity contribution in [3.8, 4) is 0 Å². The first-order valence-corrected chi connectivity index (χ1v) is 11.4. The summed E-state index contributed by atoms with van der Waals surface area (Å²) < 4.78 is 25.9. The molecule has 1 unspecified atom stereocenters. The lowest BCUT2D eigenvalue weighted by Gasteiger charge is -2.37. The van der Waals surface area contributed by atoms with Crippen molar-refractivity contribution in [1.82, 2.24) is 0 Å². The lowest BCUT2D eigenvalue weighted by molar-refractivity contribution is -0.151. The molecule has 0 aromatic rings. The van der Waals surface area contributed by atoms with Crippen LogP contribution in [0.2, 0.25) is 18.1 Å². The van der Waals surface area contributed by atoms with Gasteiger partial charge in [-0.05, 0) is 63.7 Å². The van der Waals surface area contributed by atoms with Gasteiger partial charge in [-0.2, -0.15) is 4.39 Å². The van der Waals surface area contributed by atoms with Crippen molar-refractivity contribution in [1.29, 1.82) is 0 Å². The third-order valence-corrected chi connectivity index (χ3v) is 9.30. The summed E-state index contributed by atoms with van der Waals surface area (Å²) >= 11 is 0. The van der Waals surface area contributed by atoms with Gasteiger partial charge in [0.2, 0.25) is 5.83 Å². The van der Waals surface area contributed by atoms with E-state index in [1.54, 1.807) is 20.8 Å². The van der Waals surface area contributed by atoms with Gasteiger partial charge in [-0.3, -0.25) is 0 Å². The Kier molecular flexibility index (Phi) is 6.25. The summed E-state index contributed by atoms with van der Waals surface area (Å²) in [5.41, 5.74) is -0.0984. The van der Waals surface area contributed by atoms with Crippen molar-refractivity contribution in [3.05, 3.63) is 11.4 Å². The molecule has 0 aromatic carbocycles. The molecule has 1 rings (SSSR count). The fourth-order valence-electron chi connectivity index (χ4n) is 2.37. The number of rotatable bonds is 4. The van der Waals surface area contributed by atoms with Crippen molar-refractivity contribution in [2.24, 2.45) is 5.92 Å². The maximum Gasteiger partial charge on any atom is 0.367 e. The molecule has 1 saturated carbocycles. The second-order valence-electron chi connectivity index (χ2n) is 9.00. The molecule has 1 atom stereocenters. The number of hydrogen-bond acceptors (Lipinski definition) is 3. The average Bonchev–Trinajstić information content (AvgIpc) is 2.80. The molecule has 0 heterocycles. The second kappa shape index (κ2) is 7.05. The number of carbonyl (C=O) groups excluding carboxylic acids is 1. The van der Waals surface area contributed by atoms with Gasteiger partial charge >= 0.3 is 5.97 Å². The maximum atomic E-state index is 14.5. The first kappa shape index (κ1) is 20.4. The first-order valence-electron chi connectivity index (χ1n) is 8.50. The van der Waals surface area contributed by atoms with Crippen LogP contribution in [0.1, 0.15) is 60.8 Å². The third-order valence-electron chi connectivity index (χ3n) is 4.80. The Morgan fingerprint density at radius 1 is 1.22 bits per heavy atom. The predicted molar refractivity (Wildman–Crippen MR) is 94.5 cm³/mol. The Bertz CT molecular complexity index is 470. The molecule has 23 heavy (non-hydrogen) atoms. The van der Waals surface area contributed by atoms with Crippen molar-refractivity contribution in [2.75, 3.05) is 6.61 Å². The standard InChI is InChI=1S/C18H33FO3Si/c1-17(2,3)22-16(20)15(19)14-11-9-10-13(14)12-21-23(7,8)18(4,5)6/h13H,9-12H2,1-8H3/b15-14+. The van der Waals surface area contributed by atoms with Gasteiger partial charge in [0.05, 0.1) is 0 Å². The monoisotopic (exact) mass is 344 g/mol. The highest BCUT2D eigenvalue weighted by Crippen LogP contribution is 2.40. The molecule has 1 aliphatic rings. The molecule has 0 spiro atoms. The van der Waals surface area contributed by atoms with E-state index in [2.05, 4.69) is 33.9 Å². The topological polar surface area (TPSA) is 35.5 Å². The fraction of sp³-hybridized carbons (Fsp3) is 0.833. The Morgan fingerprint density at radius 2 is 1.78 bits per heavy atom. The molecule has 5 heteroatoms. The van der Waals surface area contributed by atoms with E-state index in [0.717, 1.165) is 12.8 Å². The maximum absolute atomic E-state index is 14.5. The number of ether oxygens (including phenoxy) is 1. The zero-order chi connectivity index (χ0) is 18.1. The van der Waals surface area contributed by atoms with Crippen LogP contribution in [-0.4, -0.2) is 26.5 Å². The van der Waals surface area contributed by atoms with Crippen LogP contribution in [0, 0.1) is 5.92 Å². The van der Waals surface area contributed by atoms with Crippen LogP contribution >= 0.6 is 0 Å². The first-order chi connectivity index (χ1) is 10.2. The largest absolute Gasteiger partial charge is 0.455 e. The van der Waals surface area contributed by atoms with Gasteiger partial charge in [-0.1, -0.05) is 20.8 Å². The number of esters is 1. The number of hydrogen-bond donors (Lipinski definition) is 0. The van der Waals surface area contributed by atoms with Crippen molar-refractivity contribution < 1.29 is 18.3 Å². The van der Waals surface area contributed by atoms with Crippen LogP contribution in [0.5, 0.6) is 0 Å². The highest BCUT2D eigenvalue weighted by atomic mass is 28.4. The zero-order valence-electron chi connectivity index (χ0n) is 16.0. The van der Waals surface area contributed by atoms with Gasteiger partial charge < -0.3 is 9.16 Å². The summed E-state index contributed by atoms with van der Waals surface area (Å²) in [6.45, 7) is 16.7. The SMILES string of the molecule is CC(C)(C)OC(=O)/C(F)=C1/CCCC1CO[Si](C)(C)C(C)(C)C. The molecule has 0 bridgehead atoms. The van der Waals surface area contributed by atoms with Crippen LogP contribution < -0.4 is 0 Å². The van der Waals surface area contributed by atoms with Crippen LogP contribution in [0.25, 0.3) is 0 Å². The molecule has 0 N–H and O–H groups in total. The smallest absolute Gasteiger partial charge is 0.367 e. The van der Waals surface area contributed by atoms with Gasteiger partial charge in [0.1, 0.15) is 5.60 Å². The molecule has 134 valence electrons. The normalized spacial score (nSPS) is 22.2. The van der Waals surface area contributed by atoms with E-state index in [1.807, 2.05) is 0 Å². The summed E-state index contributed by atoms with van der Waals surface area (Å²) in [6.07, 6.45) is 2.40. The number of halogens is 1. The average molecular weight is 345 g/mol. The zero-order valence-corrected chi connectivity index (χ0v) is 17.0. The molecule has 0 aliphatic heterocycles. The Morgan fingerprint density at radius 3 is 2.26 bits per heavy atom. The molecule has 0 saturated heterocycles. The molecule has 1 fully saturated rings. The van der Waals surface area contributed by atoms with Crippen LogP contribution in [0.3, 0.4) is 0 Å². The van der Waals surface area contributed by atoms with E-state index in [0.29, 0.717) is 18.6 Å². The Balaban J connectivity index is 2.81. The molecule has 0 aromatic heterocycles. The quantitative estimate of drug-likeness (QED) is 0.390. The van der Waals surface area contributed by atoms with Crippen molar-refractivity contribution >= 4 is 14.3 Å². The van der Waals surface area contributed by atoms with Crippen LogP contribution in [0.15, 0.2) is 11.4 Å².